The fourth-order valence-electron chi connectivity index (χ4n) is 3.42. The van der Waals surface area contributed by atoms with Crippen LogP contribution in [0.2, 0.25) is 0 Å². The molecular weight excluding hydrogens is 402 g/mol. The number of hydrogen-bond donors (Lipinski definition) is 3. The number of benzene rings is 3. The molecule has 1 atom stereocenters. The van der Waals surface area contributed by atoms with Crippen LogP contribution in [0.5, 0.6) is 5.75 Å². The average molecular weight is 430 g/mol. The highest BCUT2D eigenvalue weighted by molar-refractivity contribution is 5.99. The van der Waals surface area contributed by atoms with Crippen molar-refractivity contribution >= 4 is 23.2 Å². The third-order valence-corrected chi connectivity index (χ3v) is 5.19. The Balaban J connectivity index is 1.57. The maximum atomic E-state index is 13.3. The molecule has 6 nitrogen and oxygen atoms in total. The van der Waals surface area contributed by atoms with Crippen LogP contribution in [0.3, 0.4) is 0 Å². The molecule has 3 N–H and O–H groups in total. The molecule has 2 amide bonds. The van der Waals surface area contributed by atoms with Crippen LogP contribution in [0.25, 0.3) is 0 Å². The average Bonchev–Trinajstić information content (AvgIpc) is 3.63. The first-order valence-electron chi connectivity index (χ1n) is 10.9. The maximum Gasteiger partial charge on any atom is 0.251 e. The second kappa shape index (κ2) is 10.0. The lowest BCUT2D eigenvalue weighted by molar-refractivity contribution is -0.117. The number of rotatable bonds is 9. The summed E-state index contributed by atoms with van der Waals surface area (Å²) >= 11 is 0. The summed E-state index contributed by atoms with van der Waals surface area (Å²) in [5, 5.41) is 9.27. The van der Waals surface area contributed by atoms with Gasteiger partial charge in [-0.05, 0) is 55.7 Å². The second-order valence-corrected chi connectivity index (χ2v) is 7.73. The molecular formula is C26H27N3O3. The van der Waals surface area contributed by atoms with Crippen LogP contribution >= 0.6 is 0 Å². The van der Waals surface area contributed by atoms with Gasteiger partial charge in [0, 0.05) is 17.3 Å². The molecule has 0 unspecified atom stereocenters. The molecule has 1 fully saturated rings. The van der Waals surface area contributed by atoms with Gasteiger partial charge in [-0.25, -0.2) is 0 Å². The van der Waals surface area contributed by atoms with Crippen molar-refractivity contribution in [3.63, 3.8) is 0 Å². The summed E-state index contributed by atoms with van der Waals surface area (Å²) < 4.78 is 5.64. The minimum Gasteiger partial charge on any atom is -0.492 e. The van der Waals surface area contributed by atoms with E-state index in [1.54, 1.807) is 12.1 Å². The molecule has 0 aromatic heterocycles. The summed E-state index contributed by atoms with van der Waals surface area (Å²) in [5.74, 6) is 0.299. The Morgan fingerprint density at radius 2 is 1.72 bits per heavy atom. The first-order valence-corrected chi connectivity index (χ1v) is 10.9. The molecule has 4 rings (SSSR count). The maximum absolute atomic E-state index is 13.3. The lowest BCUT2D eigenvalue weighted by atomic mass is 10.0. The number of anilines is 2. The van der Waals surface area contributed by atoms with Crippen LogP contribution in [0, 0.1) is 0 Å². The van der Waals surface area contributed by atoms with Gasteiger partial charge in [-0.3, -0.25) is 9.59 Å². The van der Waals surface area contributed by atoms with Gasteiger partial charge in [0.15, 0.2) is 0 Å². The number of carbonyl (C=O) groups excluding carboxylic acids is 2. The second-order valence-electron chi connectivity index (χ2n) is 7.73. The SMILES string of the molecule is CCOc1ccccc1NC(=O)[C@H](Nc1cccc(C(=O)NC2CC2)c1)c1ccccc1. The molecule has 32 heavy (non-hydrogen) atoms. The minimum atomic E-state index is -0.660. The van der Waals surface area contributed by atoms with Gasteiger partial charge in [0.2, 0.25) is 0 Å². The summed E-state index contributed by atoms with van der Waals surface area (Å²) in [4.78, 5) is 25.8. The number of ether oxygens (including phenoxy) is 1. The van der Waals surface area contributed by atoms with Crippen LogP contribution < -0.4 is 20.7 Å². The molecule has 6 heteroatoms. The number of nitrogens with one attached hydrogen (secondary N) is 3. The molecule has 3 aromatic rings. The van der Waals surface area contributed by atoms with E-state index in [-0.39, 0.29) is 17.9 Å². The lowest BCUT2D eigenvalue weighted by Crippen LogP contribution is -2.28. The van der Waals surface area contributed by atoms with Crippen molar-refractivity contribution in [2.45, 2.75) is 31.8 Å². The Kier molecular flexibility index (Phi) is 6.70. The minimum absolute atomic E-state index is 0.0949. The Bertz CT molecular complexity index is 1080. The number of para-hydroxylation sites is 2. The van der Waals surface area contributed by atoms with E-state index in [1.165, 1.54) is 0 Å². The molecule has 1 aliphatic rings. The summed E-state index contributed by atoms with van der Waals surface area (Å²) in [5.41, 5.74) is 2.68. The fourth-order valence-corrected chi connectivity index (χ4v) is 3.42. The smallest absolute Gasteiger partial charge is 0.251 e. The van der Waals surface area contributed by atoms with E-state index in [2.05, 4.69) is 16.0 Å². The highest BCUT2D eigenvalue weighted by Gasteiger charge is 2.25. The normalized spacial score (nSPS) is 13.7. The van der Waals surface area contributed by atoms with E-state index < -0.39 is 6.04 Å². The largest absolute Gasteiger partial charge is 0.492 e. The standard InChI is InChI=1S/C26H27N3O3/c1-2-32-23-14-7-6-13-22(23)29-26(31)24(18-9-4-3-5-10-18)27-21-12-8-11-19(17-21)25(30)28-20-15-16-20/h3-14,17,20,24,27H,2,15-16H2,1H3,(H,28,30)(H,29,31)/t24-/m1/s1. The zero-order valence-corrected chi connectivity index (χ0v) is 18.0. The van der Waals surface area contributed by atoms with Gasteiger partial charge in [0.1, 0.15) is 11.8 Å². The molecule has 1 aliphatic carbocycles. The number of hydrogen-bond acceptors (Lipinski definition) is 4. The predicted molar refractivity (Wildman–Crippen MR) is 126 cm³/mol. The lowest BCUT2D eigenvalue weighted by Gasteiger charge is -2.21. The first kappa shape index (κ1) is 21.4. The predicted octanol–water partition coefficient (Wildman–Crippen LogP) is 4.77. The third-order valence-electron chi connectivity index (χ3n) is 5.19. The van der Waals surface area contributed by atoms with E-state index >= 15 is 0 Å². The molecule has 0 aliphatic heterocycles. The van der Waals surface area contributed by atoms with Gasteiger partial charge < -0.3 is 20.7 Å². The third kappa shape index (κ3) is 5.46. The van der Waals surface area contributed by atoms with E-state index in [0.29, 0.717) is 29.3 Å². The first-order chi connectivity index (χ1) is 15.6. The molecule has 0 spiro atoms. The van der Waals surface area contributed by atoms with Crippen molar-refractivity contribution in [1.82, 2.24) is 5.32 Å². The summed E-state index contributed by atoms with van der Waals surface area (Å²) in [6, 6.07) is 23.7. The van der Waals surface area contributed by atoms with E-state index in [0.717, 1.165) is 18.4 Å². The van der Waals surface area contributed by atoms with Crippen molar-refractivity contribution in [2.24, 2.45) is 0 Å². The topological polar surface area (TPSA) is 79.5 Å². The quantitative estimate of drug-likeness (QED) is 0.458. The molecule has 0 saturated heterocycles. The summed E-state index contributed by atoms with van der Waals surface area (Å²) in [6.45, 7) is 2.41. The van der Waals surface area contributed by atoms with Gasteiger partial charge in [0.05, 0.1) is 12.3 Å². The Morgan fingerprint density at radius 3 is 2.47 bits per heavy atom. The van der Waals surface area contributed by atoms with Crippen molar-refractivity contribution < 1.29 is 14.3 Å². The molecule has 0 heterocycles. The zero-order valence-electron chi connectivity index (χ0n) is 18.0. The monoisotopic (exact) mass is 429 g/mol. The van der Waals surface area contributed by atoms with Gasteiger partial charge in [0.25, 0.3) is 11.8 Å². The van der Waals surface area contributed by atoms with Crippen molar-refractivity contribution in [3.05, 3.63) is 90.0 Å². The summed E-state index contributed by atoms with van der Waals surface area (Å²) in [7, 11) is 0. The van der Waals surface area contributed by atoms with Crippen LogP contribution in [0.15, 0.2) is 78.9 Å². The summed E-state index contributed by atoms with van der Waals surface area (Å²) in [6.07, 6.45) is 2.06. The van der Waals surface area contributed by atoms with Crippen LogP contribution in [0.4, 0.5) is 11.4 Å². The van der Waals surface area contributed by atoms with E-state index in [1.807, 2.05) is 73.7 Å². The highest BCUT2D eigenvalue weighted by atomic mass is 16.5. The van der Waals surface area contributed by atoms with E-state index in [4.69, 9.17) is 4.74 Å². The molecule has 0 radical (unpaired) electrons. The van der Waals surface area contributed by atoms with Crippen molar-refractivity contribution in [2.75, 3.05) is 17.2 Å². The molecule has 0 bridgehead atoms. The van der Waals surface area contributed by atoms with Crippen LogP contribution in [-0.2, 0) is 4.79 Å². The zero-order chi connectivity index (χ0) is 22.3. The van der Waals surface area contributed by atoms with Gasteiger partial charge in [-0.15, -0.1) is 0 Å². The van der Waals surface area contributed by atoms with Gasteiger partial charge >= 0.3 is 0 Å². The molecule has 3 aromatic carbocycles. The van der Waals surface area contributed by atoms with Crippen LogP contribution in [0.1, 0.15) is 41.7 Å². The highest BCUT2D eigenvalue weighted by Crippen LogP contribution is 2.27. The fraction of sp³-hybridized carbons (Fsp3) is 0.231. The Labute approximate surface area is 188 Å². The number of carbonyl (C=O) groups is 2. The van der Waals surface area contributed by atoms with Crippen LogP contribution in [-0.4, -0.2) is 24.5 Å². The van der Waals surface area contributed by atoms with Gasteiger partial charge in [-0.2, -0.15) is 0 Å². The Hall–Kier alpha value is -3.80. The molecule has 164 valence electrons. The molecule has 1 saturated carbocycles. The van der Waals surface area contributed by atoms with Gasteiger partial charge in [-0.1, -0.05) is 48.5 Å². The van der Waals surface area contributed by atoms with Crippen molar-refractivity contribution in [3.8, 4) is 5.75 Å². The Morgan fingerprint density at radius 1 is 0.969 bits per heavy atom. The number of amides is 2. The van der Waals surface area contributed by atoms with Crippen molar-refractivity contribution in [1.29, 1.82) is 0 Å². The van der Waals surface area contributed by atoms with E-state index in [9.17, 15) is 9.59 Å².